The van der Waals surface area contributed by atoms with E-state index >= 15 is 0 Å². The zero-order chi connectivity index (χ0) is 16.5. The molecule has 0 aliphatic heterocycles. The fraction of sp³-hybridized carbons (Fsp3) is 0.400. The largest absolute Gasteiger partial charge is 0.491 e. The molecule has 0 aromatic heterocycles. The molecule has 3 nitrogen and oxygen atoms in total. The molecule has 0 bridgehead atoms. The molecule has 2 N–H and O–H groups in total. The van der Waals surface area contributed by atoms with Gasteiger partial charge in [-0.05, 0) is 50.1 Å². The van der Waals surface area contributed by atoms with E-state index in [4.69, 9.17) is 10.5 Å². The lowest BCUT2D eigenvalue weighted by molar-refractivity contribution is 0.241. The third-order valence-electron chi connectivity index (χ3n) is 3.63. The number of benzene rings is 2. The lowest BCUT2D eigenvalue weighted by atomic mass is 10.1. The minimum atomic E-state index is 0.208. The molecule has 0 radical (unpaired) electrons. The van der Waals surface area contributed by atoms with Crippen LogP contribution in [0.15, 0.2) is 54.6 Å². The van der Waals surface area contributed by atoms with Crippen molar-refractivity contribution in [2.75, 3.05) is 13.1 Å². The van der Waals surface area contributed by atoms with Gasteiger partial charge in [-0.3, -0.25) is 4.90 Å². The van der Waals surface area contributed by atoms with E-state index in [1.54, 1.807) is 0 Å². The van der Waals surface area contributed by atoms with E-state index in [9.17, 15) is 0 Å². The molecule has 0 fully saturated rings. The van der Waals surface area contributed by atoms with E-state index in [1.165, 1.54) is 11.1 Å². The second-order valence-corrected chi connectivity index (χ2v) is 6.15. The SMILES string of the molecule is CC(C)Oc1ccc(CN(CCCN)Cc2ccccc2)cc1. The maximum atomic E-state index is 5.70. The summed E-state index contributed by atoms with van der Waals surface area (Å²) in [7, 11) is 0. The molecule has 0 saturated heterocycles. The first-order valence-electron chi connectivity index (χ1n) is 8.39. The van der Waals surface area contributed by atoms with Gasteiger partial charge in [0.2, 0.25) is 0 Å². The highest BCUT2D eigenvalue weighted by Gasteiger charge is 2.07. The van der Waals surface area contributed by atoms with Crippen molar-refractivity contribution in [2.45, 2.75) is 39.5 Å². The molecule has 0 aliphatic rings. The van der Waals surface area contributed by atoms with Crippen LogP contribution in [0, 0.1) is 0 Å². The van der Waals surface area contributed by atoms with Crippen molar-refractivity contribution in [3.8, 4) is 5.75 Å². The Labute approximate surface area is 140 Å². The highest BCUT2D eigenvalue weighted by molar-refractivity contribution is 5.27. The van der Waals surface area contributed by atoms with Crippen molar-refractivity contribution in [3.63, 3.8) is 0 Å². The van der Waals surface area contributed by atoms with E-state index in [-0.39, 0.29) is 6.10 Å². The summed E-state index contributed by atoms with van der Waals surface area (Å²) >= 11 is 0. The summed E-state index contributed by atoms with van der Waals surface area (Å²) in [5, 5.41) is 0. The Morgan fingerprint density at radius 2 is 1.52 bits per heavy atom. The molecule has 0 spiro atoms. The van der Waals surface area contributed by atoms with Crippen LogP contribution in [0.5, 0.6) is 5.75 Å². The molecule has 0 aliphatic carbocycles. The molecule has 0 atom stereocenters. The Morgan fingerprint density at radius 1 is 0.913 bits per heavy atom. The monoisotopic (exact) mass is 312 g/mol. The molecule has 2 aromatic carbocycles. The zero-order valence-corrected chi connectivity index (χ0v) is 14.2. The topological polar surface area (TPSA) is 38.5 Å². The Bertz CT molecular complexity index is 552. The first-order chi connectivity index (χ1) is 11.2. The van der Waals surface area contributed by atoms with Gasteiger partial charge in [-0.25, -0.2) is 0 Å². The lowest BCUT2D eigenvalue weighted by Gasteiger charge is -2.22. The van der Waals surface area contributed by atoms with E-state index in [1.807, 2.05) is 13.8 Å². The van der Waals surface area contributed by atoms with Gasteiger partial charge in [-0.2, -0.15) is 0 Å². The van der Waals surface area contributed by atoms with Crippen LogP contribution in [0.4, 0.5) is 0 Å². The van der Waals surface area contributed by atoms with Gasteiger partial charge in [0.1, 0.15) is 5.75 Å². The van der Waals surface area contributed by atoms with Crippen molar-refractivity contribution >= 4 is 0 Å². The maximum absolute atomic E-state index is 5.70. The highest BCUT2D eigenvalue weighted by atomic mass is 16.5. The second-order valence-electron chi connectivity index (χ2n) is 6.15. The molecule has 3 heteroatoms. The van der Waals surface area contributed by atoms with E-state index in [0.717, 1.165) is 38.3 Å². The third-order valence-corrected chi connectivity index (χ3v) is 3.63. The Hall–Kier alpha value is -1.84. The van der Waals surface area contributed by atoms with Crippen LogP contribution in [-0.4, -0.2) is 24.1 Å². The molecule has 0 heterocycles. The van der Waals surface area contributed by atoms with E-state index in [2.05, 4.69) is 59.5 Å². The van der Waals surface area contributed by atoms with Crippen LogP contribution in [0.25, 0.3) is 0 Å². The quantitative estimate of drug-likeness (QED) is 0.765. The van der Waals surface area contributed by atoms with Gasteiger partial charge >= 0.3 is 0 Å². The number of hydrogen-bond acceptors (Lipinski definition) is 3. The van der Waals surface area contributed by atoms with Crippen molar-refractivity contribution in [3.05, 3.63) is 65.7 Å². The lowest BCUT2D eigenvalue weighted by Crippen LogP contribution is -2.25. The van der Waals surface area contributed by atoms with Crippen LogP contribution in [0.1, 0.15) is 31.4 Å². The van der Waals surface area contributed by atoms with Gasteiger partial charge in [0, 0.05) is 19.6 Å². The van der Waals surface area contributed by atoms with Crippen LogP contribution in [-0.2, 0) is 13.1 Å². The summed E-state index contributed by atoms with van der Waals surface area (Å²) in [5.41, 5.74) is 8.32. The van der Waals surface area contributed by atoms with Gasteiger partial charge in [0.05, 0.1) is 6.10 Å². The number of nitrogens with zero attached hydrogens (tertiary/aromatic N) is 1. The van der Waals surface area contributed by atoms with Gasteiger partial charge in [-0.15, -0.1) is 0 Å². The van der Waals surface area contributed by atoms with Crippen molar-refractivity contribution in [2.24, 2.45) is 5.73 Å². The van der Waals surface area contributed by atoms with Crippen molar-refractivity contribution in [1.82, 2.24) is 4.90 Å². The normalized spacial score (nSPS) is 11.2. The highest BCUT2D eigenvalue weighted by Crippen LogP contribution is 2.16. The molecule has 2 aromatic rings. The summed E-state index contributed by atoms with van der Waals surface area (Å²) in [5.74, 6) is 0.931. The van der Waals surface area contributed by atoms with Gasteiger partial charge < -0.3 is 10.5 Å². The summed E-state index contributed by atoms with van der Waals surface area (Å²) in [6.07, 6.45) is 1.22. The molecule has 0 unspecified atom stereocenters. The van der Waals surface area contributed by atoms with E-state index < -0.39 is 0 Å². The maximum Gasteiger partial charge on any atom is 0.119 e. The molecular weight excluding hydrogens is 284 g/mol. The van der Waals surface area contributed by atoms with Gasteiger partial charge in [0.15, 0.2) is 0 Å². The molecular formula is C20H28N2O. The average molecular weight is 312 g/mol. The van der Waals surface area contributed by atoms with Gasteiger partial charge in [0.25, 0.3) is 0 Å². The number of rotatable bonds is 9. The predicted octanol–water partition coefficient (Wildman–Crippen LogP) is 3.82. The number of ether oxygens (including phenoxy) is 1. The molecule has 23 heavy (non-hydrogen) atoms. The average Bonchev–Trinajstić information content (AvgIpc) is 2.55. The summed E-state index contributed by atoms with van der Waals surface area (Å²) in [6, 6.07) is 19.0. The Kier molecular flexibility index (Phi) is 7.11. The molecule has 124 valence electrons. The fourth-order valence-electron chi connectivity index (χ4n) is 2.57. The summed E-state index contributed by atoms with van der Waals surface area (Å²) < 4.78 is 5.70. The molecule has 2 rings (SSSR count). The van der Waals surface area contributed by atoms with Crippen LogP contribution >= 0.6 is 0 Å². The standard InChI is InChI=1S/C20H28N2O/c1-17(2)23-20-11-9-19(10-12-20)16-22(14-6-13-21)15-18-7-4-3-5-8-18/h3-5,7-12,17H,6,13-16,21H2,1-2H3. The minimum Gasteiger partial charge on any atom is -0.491 e. The van der Waals surface area contributed by atoms with Crippen LogP contribution in [0.3, 0.4) is 0 Å². The molecule has 0 amide bonds. The second kappa shape index (κ2) is 9.33. The van der Waals surface area contributed by atoms with Crippen molar-refractivity contribution < 1.29 is 4.74 Å². The van der Waals surface area contributed by atoms with E-state index in [0.29, 0.717) is 0 Å². The van der Waals surface area contributed by atoms with Gasteiger partial charge in [-0.1, -0.05) is 42.5 Å². The zero-order valence-electron chi connectivity index (χ0n) is 14.2. The summed E-state index contributed by atoms with van der Waals surface area (Å²) in [4.78, 5) is 2.44. The van der Waals surface area contributed by atoms with Crippen LogP contribution in [0.2, 0.25) is 0 Å². The fourth-order valence-corrected chi connectivity index (χ4v) is 2.57. The Morgan fingerprint density at radius 3 is 2.09 bits per heavy atom. The first kappa shape index (κ1) is 17.5. The Balaban J connectivity index is 1.99. The number of hydrogen-bond donors (Lipinski definition) is 1. The number of nitrogens with two attached hydrogens (primary N) is 1. The molecule has 0 saturated carbocycles. The third kappa shape index (κ3) is 6.43. The minimum absolute atomic E-state index is 0.208. The predicted molar refractivity (Wildman–Crippen MR) is 96.4 cm³/mol. The van der Waals surface area contributed by atoms with Crippen molar-refractivity contribution in [1.29, 1.82) is 0 Å². The smallest absolute Gasteiger partial charge is 0.119 e. The van der Waals surface area contributed by atoms with Crippen LogP contribution < -0.4 is 10.5 Å². The first-order valence-corrected chi connectivity index (χ1v) is 8.39. The summed E-state index contributed by atoms with van der Waals surface area (Å²) in [6.45, 7) is 7.70.